The minimum absolute atomic E-state index is 0. The molecule has 1 amide bonds. The standard InChI is InChI=1S/C18H22N6O5.C2H6OS.H2O/c1-3-29-18(26)22-15-9-14(16(24(27)28)17(19)21-15)20-10-13(25)11-23(2)12-7-5-4-6-8-12;1-4(2)3;/h4-9H,3,10-11H2,1-2H3,(H4,19,20,21,22,26);1-2H3;1H2. The molecule has 34 heavy (non-hydrogen) atoms. The molecule has 13 nitrogen and oxygen atoms in total. The zero-order valence-electron chi connectivity index (χ0n) is 19.4. The van der Waals surface area contributed by atoms with Gasteiger partial charge < -0.3 is 26.2 Å². The Morgan fingerprint density at radius 3 is 2.38 bits per heavy atom. The summed E-state index contributed by atoms with van der Waals surface area (Å²) in [6.45, 7) is 1.69. The van der Waals surface area contributed by atoms with Crippen LogP contribution in [-0.4, -0.2) is 70.7 Å². The maximum absolute atomic E-state index is 12.3. The van der Waals surface area contributed by atoms with Gasteiger partial charge in [0, 0.05) is 42.1 Å². The van der Waals surface area contributed by atoms with E-state index in [0.29, 0.717) is 0 Å². The van der Waals surface area contributed by atoms with Crippen LogP contribution < -0.4 is 21.3 Å². The maximum atomic E-state index is 12.3. The monoisotopic (exact) mass is 498 g/mol. The summed E-state index contributed by atoms with van der Waals surface area (Å²) in [5, 5.41) is 16.4. The van der Waals surface area contributed by atoms with Gasteiger partial charge in [0.05, 0.1) is 24.6 Å². The van der Waals surface area contributed by atoms with Gasteiger partial charge in [0.2, 0.25) is 5.82 Å². The van der Waals surface area contributed by atoms with Crippen LogP contribution in [0.3, 0.4) is 0 Å². The number of ether oxygens (including phenoxy) is 1. The number of rotatable bonds is 9. The second-order valence-corrected chi connectivity index (χ2v) is 8.20. The first-order chi connectivity index (χ1) is 15.5. The van der Waals surface area contributed by atoms with E-state index in [2.05, 4.69) is 15.6 Å². The van der Waals surface area contributed by atoms with Gasteiger partial charge in [-0.2, -0.15) is 0 Å². The van der Waals surface area contributed by atoms with Crippen molar-refractivity contribution < 1.29 is 28.9 Å². The normalized spacial score (nSPS) is 9.68. The fraction of sp³-hybridized carbons (Fsp3) is 0.350. The van der Waals surface area contributed by atoms with E-state index >= 15 is 0 Å². The molecule has 1 aromatic heterocycles. The zero-order chi connectivity index (χ0) is 25.0. The Morgan fingerprint density at radius 1 is 1.26 bits per heavy atom. The average molecular weight is 499 g/mol. The van der Waals surface area contributed by atoms with Crippen molar-refractivity contribution in [2.75, 3.05) is 60.5 Å². The number of carbonyl (C=O) groups excluding carboxylic acids is 2. The highest BCUT2D eigenvalue weighted by atomic mass is 32.2. The number of nitrogens with two attached hydrogens (primary N) is 1. The highest BCUT2D eigenvalue weighted by Crippen LogP contribution is 2.31. The van der Waals surface area contributed by atoms with E-state index in [1.807, 2.05) is 30.3 Å². The third-order valence-corrected chi connectivity index (χ3v) is 3.79. The molecule has 0 aliphatic heterocycles. The first kappa shape index (κ1) is 30.2. The van der Waals surface area contributed by atoms with Crippen molar-refractivity contribution in [3.8, 4) is 0 Å². The minimum Gasteiger partial charge on any atom is -0.450 e. The molecule has 0 bridgehead atoms. The summed E-state index contributed by atoms with van der Waals surface area (Å²) in [5.74, 6) is -0.649. The number of benzene rings is 1. The minimum atomic E-state index is -0.778. The molecule has 0 saturated heterocycles. The summed E-state index contributed by atoms with van der Waals surface area (Å²) < 4.78 is 14.3. The molecule has 0 aliphatic carbocycles. The molecule has 0 aliphatic rings. The number of hydrogen-bond acceptors (Lipinski definition) is 10. The van der Waals surface area contributed by atoms with Crippen LogP contribution in [0.1, 0.15) is 6.92 Å². The van der Waals surface area contributed by atoms with E-state index in [1.165, 1.54) is 6.07 Å². The van der Waals surface area contributed by atoms with Crippen molar-refractivity contribution >= 4 is 51.4 Å². The molecule has 0 saturated carbocycles. The SMILES string of the molecule is CCOC(=O)Nc1cc(NCC(=O)CN(C)c2ccccc2)c([N+](=O)[O-])c(N)n1.CS(C)=O.O. The summed E-state index contributed by atoms with van der Waals surface area (Å²) in [5.41, 5.74) is 6.00. The van der Waals surface area contributed by atoms with Gasteiger partial charge in [0.1, 0.15) is 11.5 Å². The fourth-order valence-electron chi connectivity index (χ4n) is 2.51. The van der Waals surface area contributed by atoms with Crippen LogP contribution >= 0.6 is 0 Å². The number of nitrogens with zero attached hydrogens (tertiary/aromatic N) is 3. The van der Waals surface area contributed by atoms with Crippen molar-refractivity contribution in [2.24, 2.45) is 0 Å². The van der Waals surface area contributed by atoms with E-state index in [9.17, 15) is 23.9 Å². The summed E-state index contributed by atoms with van der Waals surface area (Å²) in [7, 11) is 1.15. The lowest BCUT2D eigenvalue weighted by Gasteiger charge is -2.18. The molecule has 0 radical (unpaired) electrons. The predicted octanol–water partition coefficient (Wildman–Crippen LogP) is 1.43. The summed E-state index contributed by atoms with van der Waals surface area (Å²) in [6, 6.07) is 10.5. The lowest BCUT2D eigenvalue weighted by atomic mass is 10.2. The number of carbonyl (C=O) groups is 2. The van der Waals surface area contributed by atoms with Gasteiger partial charge in [-0.25, -0.2) is 9.78 Å². The quantitative estimate of drug-likeness (QED) is 0.335. The number of aromatic nitrogens is 1. The molecular formula is C20H30N6O7S. The fourth-order valence-corrected chi connectivity index (χ4v) is 2.51. The van der Waals surface area contributed by atoms with Gasteiger partial charge in [0.25, 0.3) is 0 Å². The molecule has 1 aromatic carbocycles. The van der Waals surface area contributed by atoms with Crippen LogP contribution in [0.5, 0.6) is 0 Å². The highest BCUT2D eigenvalue weighted by molar-refractivity contribution is 7.83. The molecule has 0 fully saturated rings. The molecule has 2 aromatic rings. The lowest BCUT2D eigenvalue weighted by Crippen LogP contribution is -2.30. The number of hydrogen-bond donors (Lipinski definition) is 3. The maximum Gasteiger partial charge on any atom is 0.412 e. The molecule has 1 heterocycles. The van der Waals surface area contributed by atoms with Crippen LogP contribution in [0.2, 0.25) is 0 Å². The molecule has 188 valence electrons. The second kappa shape index (κ2) is 15.1. The van der Waals surface area contributed by atoms with E-state index in [0.717, 1.165) is 5.69 Å². The Morgan fingerprint density at radius 2 is 1.85 bits per heavy atom. The van der Waals surface area contributed by atoms with Crippen LogP contribution in [0, 0.1) is 10.1 Å². The van der Waals surface area contributed by atoms with Crippen LogP contribution in [0.25, 0.3) is 0 Å². The zero-order valence-corrected chi connectivity index (χ0v) is 20.2. The third-order valence-electron chi connectivity index (χ3n) is 3.79. The highest BCUT2D eigenvalue weighted by Gasteiger charge is 2.22. The summed E-state index contributed by atoms with van der Waals surface area (Å²) in [4.78, 5) is 40.0. The number of nitro groups is 1. The van der Waals surface area contributed by atoms with E-state index in [-0.39, 0.29) is 42.5 Å². The molecule has 0 unspecified atom stereocenters. The van der Waals surface area contributed by atoms with Crippen molar-refractivity contribution in [3.63, 3.8) is 0 Å². The lowest BCUT2D eigenvalue weighted by molar-refractivity contribution is -0.383. The Hall–Kier alpha value is -3.78. The number of Topliss-reactive ketones (excluding diaryl/α,β-unsaturated/α-hetero) is 1. The van der Waals surface area contributed by atoms with Gasteiger partial charge in [-0.15, -0.1) is 0 Å². The van der Waals surface area contributed by atoms with Crippen LogP contribution in [0.15, 0.2) is 36.4 Å². The number of amides is 1. The van der Waals surface area contributed by atoms with Gasteiger partial charge in [-0.05, 0) is 19.1 Å². The summed E-state index contributed by atoms with van der Waals surface area (Å²) in [6.07, 6.45) is 2.50. The number of nitrogens with one attached hydrogen (secondary N) is 2. The largest absolute Gasteiger partial charge is 0.450 e. The van der Waals surface area contributed by atoms with Gasteiger partial charge in [0.15, 0.2) is 5.78 Å². The molecule has 14 heteroatoms. The topological polar surface area (TPSA) is 201 Å². The van der Waals surface area contributed by atoms with Gasteiger partial charge in [-0.3, -0.25) is 24.4 Å². The van der Waals surface area contributed by atoms with E-state index in [4.69, 9.17) is 10.5 Å². The predicted molar refractivity (Wildman–Crippen MR) is 133 cm³/mol. The van der Waals surface area contributed by atoms with Gasteiger partial charge >= 0.3 is 11.8 Å². The molecule has 0 atom stereocenters. The first-order valence-electron chi connectivity index (χ1n) is 9.70. The Balaban J connectivity index is 0.00000201. The first-order valence-corrected chi connectivity index (χ1v) is 11.7. The van der Waals surface area contributed by atoms with E-state index in [1.54, 1.807) is 31.4 Å². The van der Waals surface area contributed by atoms with Crippen molar-refractivity contribution in [2.45, 2.75) is 6.92 Å². The molecular weight excluding hydrogens is 468 g/mol. The van der Waals surface area contributed by atoms with Crippen LogP contribution in [-0.2, 0) is 20.3 Å². The van der Waals surface area contributed by atoms with Crippen molar-refractivity contribution in [3.05, 3.63) is 46.5 Å². The Bertz CT molecular complexity index is 987. The molecule has 2 rings (SSSR count). The number of likely N-dealkylation sites (N-methyl/N-ethyl adjacent to an activating group) is 1. The Kier molecular flexibility index (Phi) is 13.4. The smallest absolute Gasteiger partial charge is 0.412 e. The third kappa shape index (κ3) is 10.7. The second-order valence-electron chi connectivity index (χ2n) is 6.72. The van der Waals surface area contributed by atoms with Crippen molar-refractivity contribution in [1.29, 1.82) is 0 Å². The number of anilines is 4. The number of nitrogen functional groups attached to an aromatic ring is 1. The van der Waals surface area contributed by atoms with Crippen LogP contribution in [0.4, 0.5) is 33.5 Å². The average Bonchev–Trinajstić information content (AvgIpc) is 2.72. The van der Waals surface area contributed by atoms with Crippen molar-refractivity contribution in [1.82, 2.24) is 4.98 Å². The number of para-hydroxylation sites is 1. The molecule has 0 spiro atoms. The van der Waals surface area contributed by atoms with Gasteiger partial charge in [-0.1, -0.05) is 18.2 Å². The summed E-state index contributed by atoms with van der Waals surface area (Å²) >= 11 is 0. The number of pyridine rings is 1. The molecule has 6 N–H and O–H groups in total. The number of ketones is 1. The Labute approximate surface area is 199 Å². The van der Waals surface area contributed by atoms with E-state index < -0.39 is 33.3 Å².